The SMILES string of the molecule is C[C@H]1[C@H]([Si](C)(C)O)[C@@H](CCn2cc(C(CO)c3ccccc3)nn2)O[C@]12C(=O)N(Cc1ccc(N3CN(c4ccccc4)C4(CCNCC4)C3=O)cc1)c1ccccc12. The van der Waals surface area contributed by atoms with Gasteiger partial charge >= 0.3 is 0 Å². The van der Waals surface area contributed by atoms with Crippen LogP contribution < -0.4 is 20.0 Å². The first-order chi connectivity index (χ1) is 28.5. The summed E-state index contributed by atoms with van der Waals surface area (Å²) in [6.45, 7) is 8.70. The number of aliphatic hydroxyl groups excluding tert-OH is 1. The Morgan fingerprint density at radius 3 is 2.25 bits per heavy atom. The van der Waals surface area contributed by atoms with Crippen molar-refractivity contribution in [1.29, 1.82) is 0 Å². The fourth-order valence-electron chi connectivity index (χ4n) is 10.5. The van der Waals surface area contributed by atoms with Crippen molar-refractivity contribution in [2.24, 2.45) is 5.92 Å². The number of aromatic nitrogens is 3. The Morgan fingerprint density at radius 1 is 0.881 bits per heavy atom. The number of para-hydroxylation sites is 2. The first-order valence-corrected chi connectivity index (χ1v) is 23.9. The third-order valence-electron chi connectivity index (χ3n) is 13.4. The van der Waals surface area contributed by atoms with E-state index in [0.29, 0.717) is 31.9 Å². The maximum atomic E-state index is 15.0. The van der Waals surface area contributed by atoms with Crippen LogP contribution in [-0.4, -0.2) is 83.0 Å². The number of benzene rings is 4. The highest BCUT2D eigenvalue weighted by Gasteiger charge is 2.66. The molecule has 0 aliphatic carbocycles. The van der Waals surface area contributed by atoms with Gasteiger partial charge in [-0.2, -0.15) is 0 Å². The summed E-state index contributed by atoms with van der Waals surface area (Å²) in [5, 5.41) is 22.5. The number of nitrogens with zero attached hydrogens (tertiary/aromatic N) is 6. The van der Waals surface area contributed by atoms with Crippen LogP contribution in [0.4, 0.5) is 17.1 Å². The van der Waals surface area contributed by atoms with E-state index in [2.05, 4.69) is 39.6 Å². The van der Waals surface area contributed by atoms with Crippen molar-refractivity contribution in [2.75, 3.05) is 41.1 Å². The van der Waals surface area contributed by atoms with Crippen LogP contribution in [0.2, 0.25) is 18.6 Å². The predicted octanol–water partition coefficient (Wildman–Crippen LogP) is 5.77. The molecule has 3 fully saturated rings. The van der Waals surface area contributed by atoms with Crippen LogP contribution in [0.3, 0.4) is 0 Å². The standard InChI is InChI=1S/C46H53N7O5Si/c1-32-42(59(2,3)57)41(22-27-50-29-39(48-49-50)37(30-54)34-12-6-4-7-13-34)58-46(32)38-16-10-11-17-40(38)51(44(46)56)28-33-18-20-35(21-19-33)52-31-53(36-14-8-5-9-15-36)45(43(52)55)23-25-47-26-24-45/h4-21,29,32,37,41-42,47,54,57H,22-28,30-31H2,1-3H3/t32-,37?,41+,42-,46+/m0/s1. The minimum Gasteiger partial charge on any atom is -0.432 e. The molecule has 9 rings (SSSR count). The Hall–Kier alpha value is -5.18. The lowest BCUT2D eigenvalue weighted by Gasteiger charge is -2.39. The van der Waals surface area contributed by atoms with E-state index in [9.17, 15) is 14.7 Å². The van der Waals surface area contributed by atoms with Gasteiger partial charge in [0, 0.05) is 41.1 Å². The van der Waals surface area contributed by atoms with Crippen LogP contribution in [0.1, 0.15) is 54.5 Å². The van der Waals surface area contributed by atoms with Gasteiger partial charge < -0.3 is 29.8 Å². The van der Waals surface area contributed by atoms with Gasteiger partial charge in [-0.25, -0.2) is 0 Å². The fraction of sp³-hybridized carbons (Fsp3) is 0.391. The molecule has 5 aromatic rings. The summed E-state index contributed by atoms with van der Waals surface area (Å²) in [5.41, 5.74) is 4.02. The van der Waals surface area contributed by atoms with Gasteiger partial charge in [0.05, 0.1) is 43.2 Å². The molecule has 3 N–H and O–H groups in total. The van der Waals surface area contributed by atoms with Crippen LogP contribution in [0.15, 0.2) is 115 Å². The second-order valence-corrected chi connectivity index (χ2v) is 21.2. The molecule has 4 aliphatic rings. The predicted molar refractivity (Wildman–Crippen MR) is 229 cm³/mol. The number of carbonyl (C=O) groups is 2. The molecule has 0 saturated carbocycles. The Bertz CT molecular complexity index is 2300. The average molecular weight is 812 g/mol. The van der Waals surface area contributed by atoms with E-state index < -0.39 is 25.6 Å². The summed E-state index contributed by atoms with van der Waals surface area (Å²) in [6.07, 6.45) is 3.48. The second-order valence-electron chi connectivity index (χ2n) is 17.2. The van der Waals surface area contributed by atoms with Gasteiger partial charge in [0.1, 0.15) is 5.54 Å². The Kier molecular flexibility index (Phi) is 10.3. The zero-order chi connectivity index (χ0) is 40.9. The first-order valence-electron chi connectivity index (χ1n) is 20.9. The van der Waals surface area contributed by atoms with Gasteiger partial charge in [-0.1, -0.05) is 91.0 Å². The minimum atomic E-state index is -2.87. The number of rotatable bonds is 11. The number of hydrogen-bond acceptors (Lipinski definition) is 9. The zero-order valence-corrected chi connectivity index (χ0v) is 34.9. The van der Waals surface area contributed by atoms with Gasteiger partial charge in [0.25, 0.3) is 11.8 Å². The van der Waals surface area contributed by atoms with E-state index in [1.807, 2.05) is 126 Å². The van der Waals surface area contributed by atoms with Crippen molar-refractivity contribution >= 4 is 37.2 Å². The second kappa shape index (κ2) is 15.4. The van der Waals surface area contributed by atoms with Crippen LogP contribution in [0, 0.1) is 5.92 Å². The van der Waals surface area contributed by atoms with E-state index in [0.717, 1.165) is 59.7 Å². The van der Waals surface area contributed by atoms with Gasteiger partial charge in [-0.15, -0.1) is 5.10 Å². The molecule has 0 bridgehead atoms. The number of fused-ring (bicyclic) bond motifs is 2. The van der Waals surface area contributed by atoms with Crippen molar-refractivity contribution in [2.45, 2.75) is 81.1 Å². The number of piperidine rings is 1. The highest BCUT2D eigenvalue weighted by Crippen LogP contribution is 2.59. The lowest BCUT2D eigenvalue weighted by atomic mass is 9.82. The summed E-state index contributed by atoms with van der Waals surface area (Å²) < 4.78 is 8.83. The molecule has 4 aliphatic heterocycles. The van der Waals surface area contributed by atoms with E-state index in [-0.39, 0.29) is 35.8 Å². The molecule has 2 amide bonds. The van der Waals surface area contributed by atoms with Crippen molar-refractivity contribution in [3.63, 3.8) is 0 Å². The molecular weight excluding hydrogens is 759 g/mol. The highest BCUT2D eigenvalue weighted by atomic mass is 28.4. The third kappa shape index (κ3) is 6.69. The Balaban J connectivity index is 0.949. The summed E-state index contributed by atoms with van der Waals surface area (Å²) >= 11 is 0. The molecule has 13 heteroatoms. The molecule has 4 aromatic carbocycles. The molecule has 1 aromatic heterocycles. The average Bonchev–Trinajstić information content (AvgIpc) is 3.98. The topological polar surface area (TPSA) is 136 Å². The van der Waals surface area contributed by atoms with Crippen molar-refractivity contribution in [3.8, 4) is 0 Å². The fourth-order valence-corrected chi connectivity index (χ4v) is 13.1. The van der Waals surface area contributed by atoms with Crippen molar-refractivity contribution in [3.05, 3.63) is 138 Å². The zero-order valence-electron chi connectivity index (χ0n) is 33.9. The molecule has 306 valence electrons. The van der Waals surface area contributed by atoms with E-state index in [1.165, 1.54) is 0 Å². The Labute approximate surface area is 346 Å². The van der Waals surface area contributed by atoms with Crippen LogP contribution >= 0.6 is 0 Å². The molecule has 5 heterocycles. The lowest BCUT2D eigenvalue weighted by molar-refractivity contribution is -0.146. The largest absolute Gasteiger partial charge is 0.432 e. The molecule has 1 unspecified atom stereocenters. The van der Waals surface area contributed by atoms with Crippen LogP contribution in [0.5, 0.6) is 0 Å². The van der Waals surface area contributed by atoms with E-state index in [4.69, 9.17) is 4.74 Å². The molecule has 0 radical (unpaired) electrons. The number of nitrogens with one attached hydrogen (secondary N) is 1. The molecule has 12 nitrogen and oxygen atoms in total. The van der Waals surface area contributed by atoms with E-state index >= 15 is 4.79 Å². The maximum absolute atomic E-state index is 15.0. The van der Waals surface area contributed by atoms with Gasteiger partial charge in [0.15, 0.2) is 13.9 Å². The summed E-state index contributed by atoms with van der Waals surface area (Å²) in [7, 11) is -2.87. The minimum absolute atomic E-state index is 0.0899. The smallest absolute Gasteiger partial charge is 0.264 e. The monoisotopic (exact) mass is 811 g/mol. The Morgan fingerprint density at radius 2 is 1.56 bits per heavy atom. The van der Waals surface area contributed by atoms with Gasteiger partial charge in [-0.05, 0) is 86.9 Å². The lowest BCUT2D eigenvalue weighted by Crippen LogP contribution is -2.55. The van der Waals surface area contributed by atoms with E-state index in [1.54, 1.807) is 4.68 Å². The van der Waals surface area contributed by atoms with Gasteiger partial charge in [-0.3, -0.25) is 19.2 Å². The maximum Gasteiger partial charge on any atom is 0.264 e. The molecule has 2 spiro atoms. The normalized spacial score (nSPS) is 24.4. The number of hydrogen-bond donors (Lipinski definition) is 3. The number of ether oxygens (including phenoxy) is 1. The summed E-state index contributed by atoms with van der Waals surface area (Å²) in [6, 6.07) is 35.9. The highest BCUT2D eigenvalue weighted by molar-refractivity contribution is 6.71. The van der Waals surface area contributed by atoms with Gasteiger partial charge in [0.2, 0.25) is 0 Å². The summed E-state index contributed by atoms with van der Waals surface area (Å²) in [5.74, 6) is -0.585. The molecular formula is C46H53N7O5Si. The number of aryl methyl sites for hydroxylation is 1. The van der Waals surface area contributed by atoms with Crippen LogP contribution in [0.25, 0.3) is 0 Å². The first kappa shape index (κ1) is 39.3. The number of carbonyl (C=O) groups excluding carboxylic acids is 2. The summed E-state index contributed by atoms with van der Waals surface area (Å²) in [4.78, 5) is 47.1. The van der Waals surface area contributed by atoms with Crippen LogP contribution in [-0.2, 0) is 33.0 Å². The molecule has 3 saturated heterocycles. The number of amides is 2. The third-order valence-corrected chi connectivity index (χ3v) is 15.9. The molecule has 59 heavy (non-hydrogen) atoms. The number of aliphatic hydroxyl groups is 1. The number of anilines is 3. The van der Waals surface area contributed by atoms with Crippen molar-refractivity contribution < 1.29 is 24.2 Å². The van der Waals surface area contributed by atoms with Crippen molar-refractivity contribution in [1.82, 2.24) is 20.3 Å². The molecule has 5 atom stereocenters. The quantitative estimate of drug-likeness (QED) is 0.142.